The number of nitrogens with one attached hydrogen (secondary N) is 2. The Hall–Kier alpha value is -2.33. The average molecular weight is 339 g/mol. The van der Waals surface area contributed by atoms with Crippen LogP contribution in [-0.4, -0.2) is 26.1 Å². The number of aryl methyl sites for hydroxylation is 1. The minimum atomic E-state index is -0.0679. The molecule has 0 aliphatic carbocycles. The van der Waals surface area contributed by atoms with E-state index in [0.29, 0.717) is 12.1 Å². The summed E-state index contributed by atoms with van der Waals surface area (Å²) in [6.07, 6.45) is 2.65. The highest BCUT2D eigenvalue weighted by atomic mass is 16.5. The number of rotatable bonds is 6. The molecule has 0 unspecified atom stereocenters. The largest absolute Gasteiger partial charge is 0.496 e. The number of hydrogen-bond donors (Lipinski definition) is 2. The lowest BCUT2D eigenvalue weighted by molar-refractivity contribution is -0.901. The number of likely N-dealkylation sites (tertiary alicyclic amines) is 1. The molecule has 1 heterocycles. The zero-order valence-corrected chi connectivity index (χ0v) is 15.1. The molecule has 132 valence electrons. The molecule has 1 fully saturated rings. The van der Waals surface area contributed by atoms with E-state index >= 15 is 0 Å². The first-order valence-electron chi connectivity index (χ1n) is 9.00. The molecule has 0 aromatic heterocycles. The van der Waals surface area contributed by atoms with Gasteiger partial charge in [-0.3, -0.25) is 4.79 Å². The van der Waals surface area contributed by atoms with Crippen LogP contribution in [0.4, 0.5) is 0 Å². The van der Waals surface area contributed by atoms with Crippen LogP contribution in [-0.2, 0) is 13.1 Å². The monoisotopic (exact) mass is 339 g/mol. The molecule has 0 spiro atoms. The molecule has 0 saturated carbocycles. The van der Waals surface area contributed by atoms with Crippen LogP contribution < -0.4 is 15.0 Å². The molecular weight excluding hydrogens is 312 g/mol. The third-order valence-electron chi connectivity index (χ3n) is 4.98. The summed E-state index contributed by atoms with van der Waals surface area (Å²) >= 11 is 0. The fourth-order valence-electron chi connectivity index (χ4n) is 3.46. The molecule has 0 radical (unpaired) electrons. The Kier molecular flexibility index (Phi) is 5.71. The molecular formula is C21H27N2O2+. The summed E-state index contributed by atoms with van der Waals surface area (Å²) < 4.78 is 5.31. The van der Waals surface area contributed by atoms with Gasteiger partial charge in [0.1, 0.15) is 12.3 Å². The summed E-state index contributed by atoms with van der Waals surface area (Å²) in [5, 5.41) is 3.05. The topological polar surface area (TPSA) is 42.8 Å². The Bertz CT molecular complexity index is 736. The Morgan fingerprint density at radius 1 is 1.12 bits per heavy atom. The van der Waals surface area contributed by atoms with Crippen LogP contribution in [0.5, 0.6) is 5.75 Å². The summed E-state index contributed by atoms with van der Waals surface area (Å²) in [6.45, 7) is 6.08. The van der Waals surface area contributed by atoms with E-state index in [4.69, 9.17) is 4.74 Å². The molecule has 1 aliphatic heterocycles. The predicted molar refractivity (Wildman–Crippen MR) is 99.0 cm³/mol. The van der Waals surface area contributed by atoms with Gasteiger partial charge < -0.3 is 15.0 Å². The van der Waals surface area contributed by atoms with Crippen LogP contribution in [0.15, 0.2) is 42.5 Å². The molecule has 2 N–H and O–H groups in total. The van der Waals surface area contributed by atoms with Gasteiger partial charge in [-0.25, -0.2) is 0 Å². The van der Waals surface area contributed by atoms with Gasteiger partial charge in [0.05, 0.1) is 20.2 Å². The average Bonchev–Trinajstić information content (AvgIpc) is 3.14. The summed E-state index contributed by atoms with van der Waals surface area (Å²) in [6, 6.07) is 14.0. The standard InChI is InChI=1S/C21H26N2O2/c1-16-9-10-17(13-20(16)25-2)21(24)22-14-18-7-3-4-8-19(18)15-23-11-5-6-12-23/h3-4,7-10,13H,5-6,11-12,14-15H2,1-2H3,(H,22,24)/p+1. The van der Waals surface area contributed by atoms with Crippen LogP contribution in [0.2, 0.25) is 0 Å². The molecule has 4 nitrogen and oxygen atoms in total. The first-order valence-corrected chi connectivity index (χ1v) is 9.00. The minimum absolute atomic E-state index is 0.0679. The van der Waals surface area contributed by atoms with E-state index in [1.54, 1.807) is 18.1 Å². The van der Waals surface area contributed by atoms with Crippen molar-refractivity contribution in [3.8, 4) is 5.75 Å². The SMILES string of the molecule is COc1cc(C(=O)NCc2ccccc2C[NH+]2CCCC2)ccc1C. The quantitative estimate of drug-likeness (QED) is 0.846. The van der Waals surface area contributed by atoms with Gasteiger partial charge in [0.25, 0.3) is 5.91 Å². The maximum absolute atomic E-state index is 12.5. The van der Waals surface area contributed by atoms with Gasteiger partial charge in [-0.2, -0.15) is 0 Å². The Labute approximate surface area is 149 Å². The molecule has 1 amide bonds. The van der Waals surface area contributed by atoms with Crippen molar-refractivity contribution in [2.75, 3.05) is 20.2 Å². The van der Waals surface area contributed by atoms with Gasteiger partial charge in [-0.15, -0.1) is 0 Å². The molecule has 1 saturated heterocycles. The van der Waals surface area contributed by atoms with Gasteiger partial charge in [0.15, 0.2) is 0 Å². The fourth-order valence-corrected chi connectivity index (χ4v) is 3.46. The van der Waals surface area contributed by atoms with Gasteiger partial charge in [0.2, 0.25) is 0 Å². The Balaban J connectivity index is 1.66. The maximum Gasteiger partial charge on any atom is 0.251 e. The number of methoxy groups -OCH3 is 1. The van der Waals surface area contributed by atoms with E-state index < -0.39 is 0 Å². The van der Waals surface area contributed by atoms with E-state index in [0.717, 1.165) is 17.9 Å². The number of carbonyl (C=O) groups excluding carboxylic acids is 1. The van der Waals surface area contributed by atoms with Crippen molar-refractivity contribution in [2.45, 2.75) is 32.9 Å². The number of quaternary nitrogens is 1. The van der Waals surface area contributed by atoms with Crippen LogP contribution in [0.25, 0.3) is 0 Å². The number of ether oxygens (including phenoxy) is 1. The molecule has 2 aromatic rings. The molecule has 0 bridgehead atoms. The number of hydrogen-bond acceptors (Lipinski definition) is 2. The third kappa shape index (κ3) is 4.40. The van der Waals surface area contributed by atoms with Crippen molar-refractivity contribution in [2.24, 2.45) is 0 Å². The van der Waals surface area contributed by atoms with Crippen molar-refractivity contribution in [3.63, 3.8) is 0 Å². The van der Waals surface area contributed by atoms with Gasteiger partial charge >= 0.3 is 0 Å². The zero-order chi connectivity index (χ0) is 17.6. The van der Waals surface area contributed by atoms with E-state index in [1.807, 2.05) is 25.1 Å². The highest BCUT2D eigenvalue weighted by molar-refractivity contribution is 5.94. The van der Waals surface area contributed by atoms with Crippen molar-refractivity contribution in [1.29, 1.82) is 0 Å². The first-order chi connectivity index (χ1) is 12.2. The summed E-state index contributed by atoms with van der Waals surface area (Å²) in [4.78, 5) is 14.1. The van der Waals surface area contributed by atoms with Crippen molar-refractivity contribution in [3.05, 3.63) is 64.7 Å². The summed E-state index contributed by atoms with van der Waals surface area (Å²) in [5.41, 5.74) is 4.19. The fraction of sp³-hybridized carbons (Fsp3) is 0.381. The van der Waals surface area contributed by atoms with E-state index in [-0.39, 0.29) is 5.91 Å². The summed E-state index contributed by atoms with van der Waals surface area (Å²) in [5.74, 6) is 0.673. The normalized spacial score (nSPS) is 14.5. The van der Waals surface area contributed by atoms with Crippen LogP contribution in [0, 0.1) is 6.92 Å². The lowest BCUT2D eigenvalue weighted by atomic mass is 10.1. The first kappa shape index (κ1) is 17.5. The zero-order valence-electron chi connectivity index (χ0n) is 15.1. The van der Waals surface area contributed by atoms with Gasteiger partial charge in [-0.05, 0) is 30.2 Å². The van der Waals surface area contributed by atoms with Gasteiger partial charge in [0, 0.05) is 30.5 Å². The number of carbonyl (C=O) groups is 1. The second-order valence-electron chi connectivity index (χ2n) is 6.77. The molecule has 2 aromatic carbocycles. The van der Waals surface area contributed by atoms with E-state index in [2.05, 4.69) is 23.5 Å². The van der Waals surface area contributed by atoms with Gasteiger partial charge in [-0.1, -0.05) is 30.3 Å². The Morgan fingerprint density at radius 3 is 2.56 bits per heavy atom. The second kappa shape index (κ2) is 8.17. The summed E-state index contributed by atoms with van der Waals surface area (Å²) in [7, 11) is 1.63. The molecule has 4 heteroatoms. The molecule has 25 heavy (non-hydrogen) atoms. The minimum Gasteiger partial charge on any atom is -0.496 e. The highest BCUT2D eigenvalue weighted by Gasteiger charge is 2.17. The predicted octanol–water partition coefficient (Wildman–Crippen LogP) is 2.11. The third-order valence-corrected chi connectivity index (χ3v) is 4.98. The number of amides is 1. The lowest BCUT2D eigenvalue weighted by Gasteiger charge is -2.15. The van der Waals surface area contributed by atoms with E-state index in [1.165, 1.54) is 37.1 Å². The highest BCUT2D eigenvalue weighted by Crippen LogP contribution is 2.19. The van der Waals surface area contributed by atoms with Crippen molar-refractivity contribution < 1.29 is 14.4 Å². The van der Waals surface area contributed by atoms with Crippen molar-refractivity contribution in [1.82, 2.24) is 5.32 Å². The molecule has 3 rings (SSSR count). The maximum atomic E-state index is 12.5. The molecule has 1 aliphatic rings. The van der Waals surface area contributed by atoms with Crippen LogP contribution >= 0.6 is 0 Å². The van der Waals surface area contributed by atoms with Crippen LogP contribution in [0.3, 0.4) is 0 Å². The number of benzene rings is 2. The van der Waals surface area contributed by atoms with Crippen molar-refractivity contribution >= 4 is 5.91 Å². The van der Waals surface area contributed by atoms with E-state index in [9.17, 15) is 4.79 Å². The smallest absolute Gasteiger partial charge is 0.251 e. The molecule has 0 atom stereocenters. The lowest BCUT2D eigenvalue weighted by Crippen LogP contribution is -3.08. The Morgan fingerprint density at radius 2 is 1.84 bits per heavy atom. The second-order valence-corrected chi connectivity index (χ2v) is 6.77. The van der Waals surface area contributed by atoms with Crippen LogP contribution in [0.1, 0.15) is 39.9 Å².